The fraction of sp³-hybridized carbons (Fsp3) is 0.300. The standard InChI is InChI=1S/C30H32O4/c31-28(27-17-7-8-18-29(27)34-23-24-12-3-1-4-13-24)22-26(25-14-5-2-6-15-25)16-11-21-33-30-19-9-10-20-32-30/h1-8,12-15,17-18,22,30H,9-11,16,19-21,23H2/b26-22+. The predicted molar refractivity (Wildman–Crippen MR) is 135 cm³/mol. The molecule has 3 aromatic rings. The molecule has 0 amide bonds. The molecule has 176 valence electrons. The lowest BCUT2D eigenvalue weighted by molar-refractivity contribution is -0.162. The lowest BCUT2D eigenvalue weighted by atomic mass is 9.98. The van der Waals surface area contributed by atoms with Crippen LogP contribution in [0.5, 0.6) is 5.75 Å². The van der Waals surface area contributed by atoms with E-state index in [1.54, 1.807) is 6.08 Å². The highest BCUT2D eigenvalue weighted by Gasteiger charge is 2.15. The van der Waals surface area contributed by atoms with E-state index in [2.05, 4.69) is 0 Å². The molecule has 1 fully saturated rings. The maximum Gasteiger partial charge on any atom is 0.189 e. The van der Waals surface area contributed by atoms with Gasteiger partial charge in [-0.2, -0.15) is 0 Å². The lowest BCUT2D eigenvalue weighted by Gasteiger charge is -2.22. The Hall–Kier alpha value is -3.21. The minimum absolute atomic E-state index is 0.0564. The van der Waals surface area contributed by atoms with Crippen molar-refractivity contribution in [3.63, 3.8) is 0 Å². The summed E-state index contributed by atoms with van der Waals surface area (Å²) in [5.74, 6) is 0.539. The van der Waals surface area contributed by atoms with Gasteiger partial charge in [0.2, 0.25) is 0 Å². The van der Waals surface area contributed by atoms with Crippen LogP contribution in [0.25, 0.3) is 5.57 Å². The zero-order valence-electron chi connectivity index (χ0n) is 19.5. The molecule has 1 unspecified atom stereocenters. The summed E-state index contributed by atoms with van der Waals surface area (Å²) in [6, 6.07) is 27.5. The number of hydrogen-bond donors (Lipinski definition) is 0. The van der Waals surface area contributed by atoms with E-state index in [0.717, 1.165) is 55.4 Å². The summed E-state index contributed by atoms with van der Waals surface area (Å²) in [4.78, 5) is 13.3. The summed E-state index contributed by atoms with van der Waals surface area (Å²) in [6.07, 6.45) is 6.44. The quantitative estimate of drug-likeness (QED) is 0.180. The van der Waals surface area contributed by atoms with Crippen LogP contribution in [0, 0.1) is 0 Å². The zero-order chi connectivity index (χ0) is 23.4. The molecule has 0 bridgehead atoms. The van der Waals surface area contributed by atoms with Gasteiger partial charge in [0.1, 0.15) is 12.4 Å². The van der Waals surface area contributed by atoms with Crippen molar-refractivity contribution in [3.05, 3.63) is 108 Å². The van der Waals surface area contributed by atoms with E-state index in [9.17, 15) is 4.79 Å². The van der Waals surface area contributed by atoms with E-state index in [1.807, 2.05) is 84.9 Å². The van der Waals surface area contributed by atoms with Gasteiger partial charge in [-0.3, -0.25) is 4.79 Å². The normalized spacial score (nSPS) is 16.2. The van der Waals surface area contributed by atoms with Crippen LogP contribution in [0.4, 0.5) is 0 Å². The van der Waals surface area contributed by atoms with Crippen molar-refractivity contribution in [3.8, 4) is 5.75 Å². The number of ketones is 1. The Morgan fingerprint density at radius 2 is 1.65 bits per heavy atom. The first kappa shape index (κ1) is 23.9. The van der Waals surface area contributed by atoms with Gasteiger partial charge in [-0.05, 0) is 67.0 Å². The number of carbonyl (C=O) groups is 1. The Bertz CT molecular complexity index is 1050. The fourth-order valence-corrected chi connectivity index (χ4v) is 4.04. The van der Waals surface area contributed by atoms with Crippen molar-refractivity contribution in [2.45, 2.75) is 45.0 Å². The van der Waals surface area contributed by atoms with Crippen molar-refractivity contribution in [2.75, 3.05) is 13.2 Å². The maximum atomic E-state index is 13.3. The minimum atomic E-state index is -0.0897. The first-order chi connectivity index (χ1) is 16.8. The SMILES string of the molecule is O=C(/C=C(\CCCOC1CCCCO1)c1ccccc1)c1ccccc1OCc1ccccc1. The smallest absolute Gasteiger partial charge is 0.189 e. The predicted octanol–water partition coefficient (Wildman–Crippen LogP) is 6.86. The van der Waals surface area contributed by atoms with Gasteiger partial charge in [0.25, 0.3) is 0 Å². The van der Waals surface area contributed by atoms with Gasteiger partial charge in [-0.15, -0.1) is 0 Å². The molecule has 1 saturated heterocycles. The van der Waals surface area contributed by atoms with Crippen molar-refractivity contribution >= 4 is 11.4 Å². The van der Waals surface area contributed by atoms with Crippen LogP contribution in [0.2, 0.25) is 0 Å². The van der Waals surface area contributed by atoms with Gasteiger partial charge < -0.3 is 14.2 Å². The first-order valence-corrected chi connectivity index (χ1v) is 12.1. The summed E-state index contributed by atoms with van der Waals surface area (Å²) < 4.78 is 17.6. The fourth-order valence-electron chi connectivity index (χ4n) is 4.04. The second kappa shape index (κ2) is 12.9. The van der Waals surface area contributed by atoms with Gasteiger partial charge in [0, 0.05) is 6.61 Å². The van der Waals surface area contributed by atoms with Crippen molar-refractivity contribution < 1.29 is 19.0 Å². The second-order valence-electron chi connectivity index (χ2n) is 8.44. The minimum Gasteiger partial charge on any atom is -0.488 e. The Labute approximate surface area is 202 Å². The Morgan fingerprint density at radius 3 is 2.41 bits per heavy atom. The summed E-state index contributed by atoms with van der Waals surface area (Å²) in [5.41, 5.74) is 3.68. The third kappa shape index (κ3) is 7.14. The number of para-hydroxylation sites is 1. The number of hydrogen-bond acceptors (Lipinski definition) is 4. The summed E-state index contributed by atoms with van der Waals surface area (Å²) in [6.45, 7) is 1.81. The summed E-state index contributed by atoms with van der Waals surface area (Å²) >= 11 is 0. The topological polar surface area (TPSA) is 44.8 Å². The first-order valence-electron chi connectivity index (χ1n) is 12.1. The molecule has 0 radical (unpaired) electrons. The summed E-state index contributed by atoms with van der Waals surface area (Å²) in [5, 5.41) is 0. The van der Waals surface area contributed by atoms with Gasteiger partial charge in [-0.1, -0.05) is 72.8 Å². The average molecular weight is 457 g/mol. The highest BCUT2D eigenvalue weighted by Crippen LogP contribution is 2.25. The second-order valence-corrected chi connectivity index (χ2v) is 8.44. The van der Waals surface area contributed by atoms with Crippen LogP contribution in [-0.4, -0.2) is 25.3 Å². The van der Waals surface area contributed by atoms with Gasteiger partial charge >= 0.3 is 0 Å². The molecular formula is C30H32O4. The third-order valence-corrected chi connectivity index (χ3v) is 5.87. The van der Waals surface area contributed by atoms with Gasteiger partial charge in [-0.25, -0.2) is 0 Å². The van der Waals surface area contributed by atoms with E-state index in [4.69, 9.17) is 14.2 Å². The van der Waals surface area contributed by atoms with E-state index >= 15 is 0 Å². The van der Waals surface area contributed by atoms with Crippen molar-refractivity contribution in [1.82, 2.24) is 0 Å². The van der Waals surface area contributed by atoms with Crippen molar-refractivity contribution in [2.24, 2.45) is 0 Å². The Balaban J connectivity index is 1.44. The van der Waals surface area contributed by atoms with E-state index in [0.29, 0.717) is 24.5 Å². The molecule has 4 nitrogen and oxygen atoms in total. The lowest BCUT2D eigenvalue weighted by Crippen LogP contribution is -2.22. The van der Waals surface area contributed by atoms with Crippen LogP contribution < -0.4 is 4.74 Å². The van der Waals surface area contributed by atoms with Crippen LogP contribution in [0.1, 0.15) is 53.6 Å². The highest BCUT2D eigenvalue weighted by atomic mass is 16.7. The van der Waals surface area contributed by atoms with Gasteiger partial charge in [0.15, 0.2) is 12.1 Å². The highest BCUT2D eigenvalue weighted by molar-refractivity contribution is 6.10. The Kier molecular flexibility index (Phi) is 9.06. The van der Waals surface area contributed by atoms with E-state index < -0.39 is 0 Å². The molecule has 1 aliphatic heterocycles. The van der Waals surface area contributed by atoms with Crippen LogP contribution in [0.3, 0.4) is 0 Å². The van der Waals surface area contributed by atoms with Crippen LogP contribution in [0.15, 0.2) is 91.0 Å². The van der Waals surface area contributed by atoms with Crippen LogP contribution >= 0.6 is 0 Å². The van der Waals surface area contributed by atoms with Crippen molar-refractivity contribution in [1.29, 1.82) is 0 Å². The molecule has 1 aliphatic rings. The molecule has 0 aromatic heterocycles. The number of ether oxygens (including phenoxy) is 3. The third-order valence-electron chi connectivity index (χ3n) is 5.87. The largest absolute Gasteiger partial charge is 0.488 e. The van der Waals surface area contributed by atoms with E-state index in [1.165, 1.54) is 0 Å². The number of benzene rings is 3. The molecule has 0 aliphatic carbocycles. The van der Waals surface area contributed by atoms with Crippen LogP contribution in [-0.2, 0) is 16.1 Å². The molecule has 0 spiro atoms. The molecule has 1 heterocycles. The molecule has 0 N–H and O–H groups in total. The molecule has 0 saturated carbocycles. The monoisotopic (exact) mass is 456 g/mol. The molecule has 3 aromatic carbocycles. The zero-order valence-corrected chi connectivity index (χ0v) is 19.5. The molecule has 4 rings (SSSR count). The molecule has 34 heavy (non-hydrogen) atoms. The molecule has 1 atom stereocenters. The van der Waals surface area contributed by atoms with E-state index in [-0.39, 0.29) is 12.1 Å². The number of rotatable bonds is 11. The molecular weight excluding hydrogens is 424 g/mol. The number of carbonyl (C=O) groups excluding carboxylic acids is 1. The molecule has 4 heteroatoms. The number of allylic oxidation sites excluding steroid dienone is 2. The Morgan fingerprint density at radius 1 is 0.912 bits per heavy atom. The average Bonchev–Trinajstić information content (AvgIpc) is 2.91. The van der Waals surface area contributed by atoms with Gasteiger partial charge in [0.05, 0.1) is 12.2 Å². The summed E-state index contributed by atoms with van der Waals surface area (Å²) in [7, 11) is 0. The maximum absolute atomic E-state index is 13.3.